The van der Waals surface area contributed by atoms with E-state index in [9.17, 15) is 38.7 Å². The van der Waals surface area contributed by atoms with Crippen molar-refractivity contribution >= 4 is 41.7 Å². The Morgan fingerprint density at radius 3 is 1.30 bits per heavy atom. The van der Waals surface area contributed by atoms with Crippen LogP contribution in [0.2, 0.25) is 0 Å². The molecule has 2 aromatic rings. The van der Waals surface area contributed by atoms with E-state index in [1.807, 2.05) is 65.8 Å². The van der Waals surface area contributed by atoms with Crippen LogP contribution in [-0.4, -0.2) is 108 Å². The van der Waals surface area contributed by atoms with Crippen LogP contribution in [0.1, 0.15) is 169 Å². The average Bonchev–Trinajstić information content (AvgIpc) is 3.60. The number of rotatable bonds is 34. The fourth-order valence-corrected chi connectivity index (χ4v) is 9.43. The number of nitrogens with one attached hydrogen (secondary N) is 5. The van der Waals surface area contributed by atoms with Crippen molar-refractivity contribution in [2.24, 2.45) is 40.9 Å². The van der Waals surface area contributed by atoms with Crippen molar-refractivity contribution in [3.8, 4) is 11.1 Å². The van der Waals surface area contributed by atoms with Crippen molar-refractivity contribution in [3.05, 3.63) is 59.7 Å². The Labute approximate surface area is 440 Å². The van der Waals surface area contributed by atoms with Gasteiger partial charge in [-0.25, -0.2) is 4.79 Å². The van der Waals surface area contributed by atoms with Gasteiger partial charge in [-0.15, -0.1) is 0 Å². The topological polar surface area (TPSA) is 307 Å². The lowest BCUT2D eigenvalue weighted by Crippen LogP contribution is -2.46. The lowest BCUT2D eigenvalue weighted by molar-refractivity contribution is -0.139. The first kappa shape index (κ1) is 64.5. The van der Waals surface area contributed by atoms with Crippen molar-refractivity contribution in [1.29, 1.82) is 0 Å². The summed E-state index contributed by atoms with van der Waals surface area (Å²) >= 11 is 0. The number of carbonyl (C=O) groups is 7. The van der Waals surface area contributed by atoms with E-state index in [2.05, 4.69) is 64.7 Å². The first-order chi connectivity index (χ1) is 35.0. The van der Waals surface area contributed by atoms with Crippen molar-refractivity contribution < 1.29 is 48.5 Å². The van der Waals surface area contributed by atoms with Gasteiger partial charge in [-0.05, 0) is 104 Å². The molecule has 5 amide bonds. The van der Waals surface area contributed by atoms with Crippen LogP contribution in [0.4, 0.5) is 4.79 Å². The molecule has 0 radical (unpaired) electrons. The van der Waals surface area contributed by atoms with Gasteiger partial charge in [0.1, 0.15) is 6.61 Å². The van der Waals surface area contributed by atoms with Crippen LogP contribution in [0.15, 0.2) is 48.5 Å². The Morgan fingerprint density at radius 1 is 0.514 bits per heavy atom. The van der Waals surface area contributed by atoms with Crippen molar-refractivity contribution in [1.82, 2.24) is 26.6 Å². The van der Waals surface area contributed by atoms with Crippen LogP contribution in [-0.2, 0) is 33.5 Å². The van der Waals surface area contributed by atoms with Crippen LogP contribution in [0.25, 0.3) is 11.1 Å². The van der Waals surface area contributed by atoms with Gasteiger partial charge < -0.3 is 58.7 Å². The van der Waals surface area contributed by atoms with E-state index < -0.39 is 42.2 Å². The lowest BCUT2D eigenvalue weighted by atomic mass is 9.98. The van der Waals surface area contributed by atoms with E-state index in [-0.39, 0.29) is 105 Å². The maximum absolute atomic E-state index is 13.2. The maximum atomic E-state index is 13.2. The third-order valence-electron chi connectivity index (χ3n) is 12.8. The predicted octanol–water partition coefficient (Wildman–Crippen LogP) is 6.71. The summed E-state index contributed by atoms with van der Waals surface area (Å²) in [5.74, 6) is -2.15. The zero-order chi connectivity index (χ0) is 55.3. The molecule has 13 N–H and O–H groups in total. The highest BCUT2D eigenvalue weighted by atomic mass is 16.5. The minimum Gasteiger partial charge on any atom is -0.481 e. The molecular formula is C56H92N8O10. The van der Waals surface area contributed by atoms with E-state index in [1.165, 1.54) is 0 Å². The summed E-state index contributed by atoms with van der Waals surface area (Å²) in [4.78, 5) is 86.2. The molecular weight excluding hydrogens is 945 g/mol. The van der Waals surface area contributed by atoms with Crippen molar-refractivity contribution in [2.75, 3.05) is 19.7 Å². The smallest absolute Gasteiger partial charge is 0.407 e. The molecule has 6 atom stereocenters. The number of benzene rings is 2. The Morgan fingerprint density at radius 2 is 0.905 bits per heavy atom. The summed E-state index contributed by atoms with van der Waals surface area (Å²) in [5, 5.41) is 32.8. The van der Waals surface area contributed by atoms with Crippen LogP contribution in [0.3, 0.4) is 0 Å². The third-order valence-corrected chi connectivity index (χ3v) is 12.8. The van der Waals surface area contributed by atoms with Crippen LogP contribution >= 0.6 is 0 Å². The van der Waals surface area contributed by atoms with Crippen molar-refractivity contribution in [2.45, 2.75) is 194 Å². The molecule has 0 heterocycles. The second-order valence-electron chi connectivity index (χ2n) is 21.6. The number of hydrogen-bond acceptors (Lipinski definition) is 11. The number of alkyl carbamates (subject to hydrolysis) is 1. The third kappa shape index (κ3) is 26.6. The molecule has 3 rings (SSSR count). The van der Waals surface area contributed by atoms with E-state index in [0.717, 1.165) is 54.4 Å². The quantitative estimate of drug-likeness (QED) is 0.0327. The Bertz CT molecular complexity index is 2000. The summed E-state index contributed by atoms with van der Waals surface area (Å²) in [5.41, 5.74) is 21.8. The second kappa shape index (κ2) is 34.8. The van der Waals surface area contributed by atoms with Gasteiger partial charge in [0.25, 0.3) is 0 Å². The monoisotopic (exact) mass is 1040 g/mol. The number of ether oxygens (including phenoxy) is 1. The minimum atomic E-state index is -0.975. The molecule has 0 aromatic heterocycles. The summed E-state index contributed by atoms with van der Waals surface area (Å²) in [6, 6.07) is 13.9. The van der Waals surface area contributed by atoms with E-state index >= 15 is 0 Å². The van der Waals surface area contributed by atoms with Gasteiger partial charge in [0.05, 0.1) is 12.8 Å². The predicted molar refractivity (Wildman–Crippen MR) is 290 cm³/mol. The molecule has 3 unspecified atom stereocenters. The fraction of sp³-hybridized carbons (Fsp3) is 0.661. The number of carboxylic acid groups (broad SMARTS) is 2. The number of carboxylic acids is 2. The van der Waals surface area contributed by atoms with Gasteiger partial charge in [0.2, 0.25) is 23.6 Å². The molecule has 18 heteroatoms. The van der Waals surface area contributed by atoms with Crippen LogP contribution < -0.4 is 43.8 Å². The standard InChI is InChI=1S/C35H50N4O6.C21H42N4O4/c1-22(2)17-25(19-34(42)43)38-32(40)18-24(11-9-10-16-36)37-33(41)20-31(23(3)4)39-35(44)45-21-30-28-14-7-5-12-26(28)27-13-6-8-15-29(27)30;1-14(2)9-16(23)11-19(26)24-17(7-5-6-8-22)12-20(27)25-18(10-15(3)4)13-21(28)29/h5-8,12-15,22-25,30-31H,9-11,16-21,36H2,1-4H3,(H,37,41)(H,38,40)(H,39,44)(H,42,43);14-18H,5-13,22-23H2,1-4H3,(H,24,26)(H,25,27)(H,28,29)/t24?,25-,31-;16-,17?,18?/m00/s1. The number of amides is 5. The molecule has 2 aromatic carbocycles. The molecule has 74 heavy (non-hydrogen) atoms. The number of carbonyl (C=O) groups excluding carboxylic acids is 5. The largest absolute Gasteiger partial charge is 0.481 e. The van der Waals surface area contributed by atoms with Gasteiger partial charge in [-0.2, -0.15) is 0 Å². The second-order valence-corrected chi connectivity index (χ2v) is 21.6. The maximum Gasteiger partial charge on any atom is 0.407 e. The SMILES string of the molecule is CC(C)CC(CC(=O)O)NC(=O)CC(CCCCN)NC(=O)C[C@@H](N)CC(C)C.CC(C)C[C@@H](CC(=O)O)NC(=O)CC(CCCCN)NC(=O)C[C@H](NC(=O)OCC1c2ccccc2-c2ccccc21)C(C)C. The summed E-state index contributed by atoms with van der Waals surface area (Å²) in [7, 11) is 0. The number of nitrogens with two attached hydrogens (primary N) is 3. The van der Waals surface area contributed by atoms with E-state index in [0.29, 0.717) is 44.7 Å². The molecule has 0 spiro atoms. The lowest BCUT2D eigenvalue weighted by Gasteiger charge is -2.25. The summed E-state index contributed by atoms with van der Waals surface area (Å²) in [6.45, 7) is 17.1. The summed E-state index contributed by atoms with van der Waals surface area (Å²) < 4.78 is 5.70. The molecule has 0 aliphatic heterocycles. The molecule has 0 saturated carbocycles. The van der Waals surface area contributed by atoms with Gasteiger partial charge >= 0.3 is 18.0 Å². The molecule has 1 aliphatic rings. The highest BCUT2D eigenvalue weighted by Crippen LogP contribution is 2.44. The fourth-order valence-electron chi connectivity index (χ4n) is 9.43. The average molecular weight is 1040 g/mol. The summed E-state index contributed by atoms with van der Waals surface area (Å²) in [6.07, 6.45) is 5.71. The Hall–Kier alpha value is -5.59. The van der Waals surface area contributed by atoms with Crippen molar-refractivity contribution in [3.63, 3.8) is 0 Å². The van der Waals surface area contributed by atoms with E-state index in [4.69, 9.17) is 27.0 Å². The van der Waals surface area contributed by atoms with Crippen LogP contribution in [0.5, 0.6) is 0 Å². The minimum absolute atomic E-state index is 0.0197. The Kier molecular flexibility index (Phi) is 30.4. The Balaban J connectivity index is 0.000000561. The molecule has 0 bridgehead atoms. The molecule has 0 saturated heterocycles. The number of fused-ring (bicyclic) bond motifs is 3. The van der Waals surface area contributed by atoms with E-state index in [1.54, 1.807) is 0 Å². The first-order valence-corrected chi connectivity index (χ1v) is 26.9. The van der Waals surface area contributed by atoms with Gasteiger partial charge in [0.15, 0.2) is 0 Å². The van der Waals surface area contributed by atoms with Gasteiger partial charge in [-0.1, -0.05) is 117 Å². The molecule has 18 nitrogen and oxygen atoms in total. The highest BCUT2D eigenvalue weighted by Gasteiger charge is 2.31. The number of unbranched alkanes of at least 4 members (excludes halogenated alkanes) is 2. The zero-order valence-corrected chi connectivity index (χ0v) is 45.6. The number of hydrogen-bond donors (Lipinski definition) is 10. The number of aliphatic carboxylic acids is 2. The highest BCUT2D eigenvalue weighted by molar-refractivity contribution is 5.82. The van der Waals surface area contributed by atoms with Gasteiger partial charge in [0, 0.05) is 67.9 Å². The zero-order valence-electron chi connectivity index (χ0n) is 45.6. The first-order valence-electron chi connectivity index (χ1n) is 26.9. The normalized spacial score (nSPS) is 14.4. The molecule has 0 fully saturated rings. The van der Waals surface area contributed by atoms with Crippen LogP contribution in [0, 0.1) is 23.7 Å². The molecule has 1 aliphatic carbocycles. The molecule has 416 valence electrons. The van der Waals surface area contributed by atoms with Gasteiger partial charge in [-0.3, -0.25) is 28.8 Å².